The number of halogens is 4. The van der Waals surface area contributed by atoms with Crippen LogP contribution in [0, 0.1) is 0 Å². The van der Waals surface area contributed by atoms with Crippen LogP contribution in [0.3, 0.4) is 0 Å². The molecule has 0 fully saturated rings. The summed E-state index contributed by atoms with van der Waals surface area (Å²) in [5.41, 5.74) is -0.553. The van der Waals surface area contributed by atoms with Crippen LogP contribution in [0.5, 0.6) is 0 Å². The zero-order valence-electron chi connectivity index (χ0n) is 9.37. The molecule has 0 amide bonds. The first-order valence-electron chi connectivity index (χ1n) is 5.18. The third-order valence-corrected chi connectivity index (χ3v) is 3.39. The van der Waals surface area contributed by atoms with Crippen molar-refractivity contribution in [3.63, 3.8) is 0 Å². The molecular formula is C12H7ClF3NOS. The standard InChI is InChI=1S/C12H7ClF3NOS/c13-8-3-1-7(2-4-8)10(18)5-9-6-11(17-19-9)12(14,15)16/h1-4,6H,5H2. The van der Waals surface area contributed by atoms with Crippen LogP contribution in [-0.2, 0) is 12.6 Å². The maximum absolute atomic E-state index is 12.4. The predicted octanol–water partition coefficient (Wildman–Crippen LogP) is 4.24. The maximum Gasteiger partial charge on any atom is 0.434 e. The Bertz CT molecular complexity index is 592. The number of hydrogen-bond donors (Lipinski definition) is 0. The van der Waals surface area contributed by atoms with E-state index in [1.807, 2.05) is 0 Å². The highest BCUT2D eigenvalue weighted by molar-refractivity contribution is 7.05. The summed E-state index contributed by atoms with van der Waals surface area (Å²) in [4.78, 5) is 12.1. The molecule has 0 saturated carbocycles. The number of carbonyl (C=O) groups excluding carboxylic acids is 1. The van der Waals surface area contributed by atoms with Crippen molar-refractivity contribution in [2.45, 2.75) is 12.6 Å². The highest BCUT2D eigenvalue weighted by Gasteiger charge is 2.33. The van der Waals surface area contributed by atoms with Crippen LogP contribution in [0.2, 0.25) is 5.02 Å². The van der Waals surface area contributed by atoms with Crippen molar-refractivity contribution in [3.05, 3.63) is 51.5 Å². The SMILES string of the molecule is O=C(Cc1cc(C(F)(F)F)ns1)c1ccc(Cl)cc1. The Morgan fingerprint density at radius 2 is 1.89 bits per heavy atom. The number of Topliss-reactive ketones (excluding diaryl/α,β-unsaturated/α-hetero) is 1. The van der Waals surface area contributed by atoms with Crippen molar-refractivity contribution in [1.82, 2.24) is 4.37 Å². The van der Waals surface area contributed by atoms with Gasteiger partial charge in [0.15, 0.2) is 11.5 Å². The molecule has 19 heavy (non-hydrogen) atoms. The second-order valence-electron chi connectivity index (χ2n) is 3.78. The fourth-order valence-electron chi connectivity index (χ4n) is 1.43. The first-order chi connectivity index (χ1) is 8.86. The summed E-state index contributed by atoms with van der Waals surface area (Å²) in [7, 11) is 0. The molecule has 0 saturated heterocycles. The van der Waals surface area contributed by atoms with Crippen molar-refractivity contribution in [2.75, 3.05) is 0 Å². The summed E-state index contributed by atoms with van der Waals surface area (Å²) in [5, 5.41) is 0.494. The molecular weight excluding hydrogens is 299 g/mol. The summed E-state index contributed by atoms with van der Waals surface area (Å²) in [5.74, 6) is -0.269. The molecule has 7 heteroatoms. The fourth-order valence-corrected chi connectivity index (χ4v) is 2.28. The number of ketones is 1. The number of rotatable bonds is 3. The summed E-state index contributed by atoms with van der Waals surface area (Å²) < 4.78 is 40.3. The Kier molecular flexibility index (Phi) is 3.91. The van der Waals surface area contributed by atoms with Crippen molar-refractivity contribution in [3.8, 4) is 0 Å². The van der Waals surface area contributed by atoms with E-state index in [4.69, 9.17) is 11.6 Å². The van der Waals surface area contributed by atoms with Crippen LogP contribution in [-0.4, -0.2) is 10.2 Å². The van der Waals surface area contributed by atoms with Crippen LogP contribution < -0.4 is 0 Å². The van der Waals surface area contributed by atoms with E-state index in [2.05, 4.69) is 4.37 Å². The van der Waals surface area contributed by atoms with E-state index in [0.29, 0.717) is 22.1 Å². The van der Waals surface area contributed by atoms with Crippen molar-refractivity contribution in [1.29, 1.82) is 0 Å². The molecule has 0 N–H and O–H groups in total. The van der Waals surface area contributed by atoms with Gasteiger partial charge in [-0.1, -0.05) is 11.6 Å². The molecule has 0 bridgehead atoms. The average molecular weight is 306 g/mol. The molecule has 2 nitrogen and oxygen atoms in total. The van der Waals surface area contributed by atoms with Crippen molar-refractivity contribution in [2.24, 2.45) is 0 Å². The number of carbonyl (C=O) groups is 1. The number of alkyl halides is 3. The highest BCUT2D eigenvalue weighted by Crippen LogP contribution is 2.30. The summed E-state index contributed by atoms with van der Waals surface area (Å²) in [6.45, 7) is 0. The van der Waals surface area contributed by atoms with Gasteiger partial charge < -0.3 is 0 Å². The van der Waals surface area contributed by atoms with Gasteiger partial charge in [0, 0.05) is 21.9 Å². The van der Waals surface area contributed by atoms with E-state index in [1.54, 1.807) is 12.1 Å². The van der Waals surface area contributed by atoms with Gasteiger partial charge in [-0.15, -0.1) is 0 Å². The van der Waals surface area contributed by atoms with E-state index >= 15 is 0 Å². The smallest absolute Gasteiger partial charge is 0.294 e. The molecule has 100 valence electrons. The van der Waals surface area contributed by atoms with Gasteiger partial charge in [-0.3, -0.25) is 4.79 Å². The van der Waals surface area contributed by atoms with Gasteiger partial charge in [0.1, 0.15) is 0 Å². The summed E-state index contributed by atoms with van der Waals surface area (Å²) >= 11 is 6.37. The summed E-state index contributed by atoms with van der Waals surface area (Å²) in [6.07, 6.45) is -4.58. The van der Waals surface area contributed by atoms with E-state index in [9.17, 15) is 18.0 Å². The van der Waals surface area contributed by atoms with Crippen LogP contribution in [0.4, 0.5) is 13.2 Å². The second kappa shape index (κ2) is 5.30. The molecule has 0 aliphatic heterocycles. The van der Waals surface area contributed by atoms with Gasteiger partial charge in [0.2, 0.25) is 0 Å². The predicted molar refractivity (Wildman–Crippen MR) is 66.6 cm³/mol. The zero-order chi connectivity index (χ0) is 14.0. The first kappa shape index (κ1) is 14.0. The molecule has 1 heterocycles. The van der Waals surface area contributed by atoms with Gasteiger partial charge in [-0.05, 0) is 41.9 Å². The number of nitrogens with zero attached hydrogens (tertiary/aromatic N) is 1. The van der Waals surface area contributed by atoms with Gasteiger partial charge in [0.25, 0.3) is 0 Å². The van der Waals surface area contributed by atoms with E-state index in [-0.39, 0.29) is 17.1 Å². The topological polar surface area (TPSA) is 30.0 Å². The third-order valence-electron chi connectivity index (χ3n) is 2.35. The molecule has 0 unspecified atom stereocenters. The Morgan fingerprint density at radius 3 is 2.42 bits per heavy atom. The molecule has 1 aromatic carbocycles. The molecule has 2 rings (SSSR count). The lowest BCUT2D eigenvalue weighted by Crippen LogP contribution is -2.05. The number of hydrogen-bond acceptors (Lipinski definition) is 3. The quantitative estimate of drug-likeness (QED) is 0.794. The third kappa shape index (κ3) is 3.54. The minimum absolute atomic E-state index is 0.102. The van der Waals surface area contributed by atoms with Gasteiger partial charge in [0.05, 0.1) is 0 Å². The monoisotopic (exact) mass is 305 g/mol. The molecule has 2 aromatic rings. The first-order valence-corrected chi connectivity index (χ1v) is 6.33. The Morgan fingerprint density at radius 1 is 1.26 bits per heavy atom. The normalized spacial score (nSPS) is 11.6. The number of benzene rings is 1. The zero-order valence-corrected chi connectivity index (χ0v) is 10.9. The maximum atomic E-state index is 12.4. The minimum atomic E-state index is -4.47. The lowest BCUT2D eigenvalue weighted by Gasteiger charge is -2.00. The minimum Gasteiger partial charge on any atom is -0.294 e. The van der Waals surface area contributed by atoms with Crippen molar-refractivity contribution < 1.29 is 18.0 Å². The van der Waals surface area contributed by atoms with Crippen LogP contribution in [0.15, 0.2) is 30.3 Å². The Labute approximate surface area is 116 Å². The lowest BCUT2D eigenvalue weighted by molar-refractivity contribution is -0.140. The van der Waals surface area contributed by atoms with E-state index in [0.717, 1.165) is 6.07 Å². The van der Waals surface area contributed by atoms with Crippen LogP contribution in [0.1, 0.15) is 20.9 Å². The molecule has 0 aliphatic rings. The molecule has 0 aliphatic carbocycles. The largest absolute Gasteiger partial charge is 0.434 e. The molecule has 0 radical (unpaired) electrons. The molecule has 1 aromatic heterocycles. The lowest BCUT2D eigenvalue weighted by atomic mass is 10.1. The van der Waals surface area contributed by atoms with E-state index in [1.165, 1.54) is 12.1 Å². The van der Waals surface area contributed by atoms with Gasteiger partial charge in [-0.25, -0.2) is 0 Å². The fraction of sp³-hybridized carbons (Fsp3) is 0.167. The Balaban J connectivity index is 2.11. The van der Waals surface area contributed by atoms with Crippen LogP contribution >= 0.6 is 23.1 Å². The van der Waals surface area contributed by atoms with E-state index < -0.39 is 11.9 Å². The van der Waals surface area contributed by atoms with Crippen molar-refractivity contribution >= 4 is 28.9 Å². The number of aromatic nitrogens is 1. The van der Waals surface area contributed by atoms with Gasteiger partial charge in [-0.2, -0.15) is 17.5 Å². The second-order valence-corrected chi connectivity index (χ2v) is 5.11. The van der Waals surface area contributed by atoms with Crippen LogP contribution in [0.25, 0.3) is 0 Å². The highest BCUT2D eigenvalue weighted by atomic mass is 35.5. The molecule has 0 spiro atoms. The average Bonchev–Trinajstić information content (AvgIpc) is 2.78. The molecule has 0 atom stereocenters. The Hall–Kier alpha value is -1.40. The van der Waals surface area contributed by atoms with Gasteiger partial charge >= 0.3 is 6.18 Å². The summed E-state index contributed by atoms with van der Waals surface area (Å²) in [6, 6.07) is 7.09.